The molecular formula is C23H23N5O3. The Morgan fingerprint density at radius 1 is 1.13 bits per heavy atom. The minimum absolute atomic E-state index is 0.0783. The summed E-state index contributed by atoms with van der Waals surface area (Å²) < 4.78 is 7.27. The van der Waals surface area contributed by atoms with Crippen LogP contribution in [0.25, 0.3) is 22.5 Å². The first-order chi connectivity index (χ1) is 14.8. The molecule has 0 saturated carbocycles. The number of rotatable bonds is 5. The summed E-state index contributed by atoms with van der Waals surface area (Å²) in [7, 11) is 3.39. The Kier molecular flexibility index (Phi) is 5.29. The summed E-state index contributed by atoms with van der Waals surface area (Å²) in [5.74, 6) is 0.173. The van der Waals surface area contributed by atoms with E-state index in [9.17, 15) is 9.59 Å². The summed E-state index contributed by atoms with van der Waals surface area (Å²) in [4.78, 5) is 31.4. The van der Waals surface area contributed by atoms with Crippen molar-refractivity contribution >= 4 is 28.5 Å². The molecule has 0 atom stereocenters. The van der Waals surface area contributed by atoms with Crippen molar-refractivity contribution in [3.63, 3.8) is 0 Å². The summed E-state index contributed by atoms with van der Waals surface area (Å²) in [5.41, 5.74) is 2.74. The Labute approximate surface area is 179 Å². The van der Waals surface area contributed by atoms with Crippen LogP contribution < -0.4 is 5.32 Å². The predicted molar refractivity (Wildman–Crippen MR) is 118 cm³/mol. The van der Waals surface area contributed by atoms with Gasteiger partial charge in [0.05, 0.1) is 23.4 Å². The first kappa shape index (κ1) is 20.3. The second-order valence-corrected chi connectivity index (χ2v) is 7.68. The van der Waals surface area contributed by atoms with Gasteiger partial charge < -0.3 is 14.6 Å². The molecule has 31 heavy (non-hydrogen) atoms. The van der Waals surface area contributed by atoms with E-state index >= 15 is 0 Å². The number of fused-ring (bicyclic) bond motifs is 1. The Morgan fingerprint density at radius 2 is 1.87 bits per heavy atom. The van der Waals surface area contributed by atoms with Crippen LogP contribution in [0.3, 0.4) is 0 Å². The standard InChI is InChI=1S/C23H23N5O3/c1-14(2)28-21-18(13-24-28)17(12-19(26-21)20-6-5-11-31-20)22(29)25-16-9-7-15(8-10-16)23(30)27(3)4/h5-14H,1-4H3,(H,25,29). The normalized spacial score (nSPS) is 11.1. The van der Waals surface area contributed by atoms with Crippen LogP contribution in [0.1, 0.15) is 40.6 Å². The number of amides is 2. The Hall–Kier alpha value is -3.94. The van der Waals surface area contributed by atoms with E-state index in [1.165, 1.54) is 4.90 Å². The van der Waals surface area contributed by atoms with E-state index in [2.05, 4.69) is 15.4 Å². The topological polar surface area (TPSA) is 93.3 Å². The lowest BCUT2D eigenvalue weighted by Gasteiger charge is -2.12. The van der Waals surface area contributed by atoms with Gasteiger partial charge in [0.25, 0.3) is 11.8 Å². The average Bonchev–Trinajstić information content (AvgIpc) is 3.42. The summed E-state index contributed by atoms with van der Waals surface area (Å²) in [6.07, 6.45) is 3.22. The minimum Gasteiger partial charge on any atom is -0.463 e. The molecule has 0 saturated heterocycles. The monoisotopic (exact) mass is 417 g/mol. The van der Waals surface area contributed by atoms with Gasteiger partial charge in [0, 0.05) is 31.4 Å². The van der Waals surface area contributed by atoms with E-state index in [4.69, 9.17) is 4.42 Å². The third-order valence-electron chi connectivity index (χ3n) is 4.87. The molecule has 0 fully saturated rings. The van der Waals surface area contributed by atoms with E-state index in [0.29, 0.717) is 39.3 Å². The second-order valence-electron chi connectivity index (χ2n) is 7.68. The summed E-state index contributed by atoms with van der Waals surface area (Å²) in [6.45, 7) is 4.01. The van der Waals surface area contributed by atoms with Gasteiger partial charge in [-0.2, -0.15) is 5.10 Å². The third kappa shape index (κ3) is 3.92. The Morgan fingerprint density at radius 3 is 2.48 bits per heavy atom. The van der Waals surface area contributed by atoms with E-state index in [-0.39, 0.29) is 17.9 Å². The highest BCUT2D eigenvalue weighted by molar-refractivity contribution is 6.12. The largest absolute Gasteiger partial charge is 0.463 e. The molecule has 3 heterocycles. The fraction of sp³-hybridized carbons (Fsp3) is 0.217. The van der Waals surface area contributed by atoms with Crippen molar-refractivity contribution in [2.75, 3.05) is 19.4 Å². The van der Waals surface area contributed by atoms with Crippen LogP contribution in [0.5, 0.6) is 0 Å². The van der Waals surface area contributed by atoms with Crippen molar-refractivity contribution in [3.8, 4) is 11.5 Å². The molecule has 2 amide bonds. The van der Waals surface area contributed by atoms with Crippen LogP contribution in [-0.4, -0.2) is 45.6 Å². The molecule has 4 aromatic rings. The number of carbonyl (C=O) groups excluding carboxylic acids is 2. The van der Waals surface area contributed by atoms with Crippen LogP contribution in [0, 0.1) is 0 Å². The van der Waals surface area contributed by atoms with Crippen LogP contribution in [-0.2, 0) is 0 Å². The molecule has 3 aromatic heterocycles. The molecule has 4 rings (SSSR count). The van der Waals surface area contributed by atoms with Crippen molar-refractivity contribution < 1.29 is 14.0 Å². The maximum atomic E-state index is 13.2. The molecule has 0 aliphatic rings. The van der Waals surface area contributed by atoms with Crippen LogP contribution in [0.4, 0.5) is 5.69 Å². The molecule has 0 bridgehead atoms. The lowest BCUT2D eigenvalue weighted by atomic mass is 10.1. The van der Waals surface area contributed by atoms with Crippen molar-refractivity contribution in [1.82, 2.24) is 19.7 Å². The van der Waals surface area contributed by atoms with Crippen molar-refractivity contribution in [3.05, 3.63) is 66.1 Å². The first-order valence-corrected chi connectivity index (χ1v) is 9.90. The number of hydrogen-bond donors (Lipinski definition) is 1. The Bertz CT molecular complexity index is 1240. The van der Waals surface area contributed by atoms with E-state index in [0.717, 1.165) is 0 Å². The summed E-state index contributed by atoms with van der Waals surface area (Å²) in [6, 6.07) is 12.1. The zero-order chi connectivity index (χ0) is 22.1. The molecule has 0 spiro atoms. The first-order valence-electron chi connectivity index (χ1n) is 9.90. The van der Waals surface area contributed by atoms with Gasteiger partial charge in [0.15, 0.2) is 11.4 Å². The maximum Gasteiger partial charge on any atom is 0.256 e. The van der Waals surface area contributed by atoms with Crippen molar-refractivity contribution in [1.29, 1.82) is 0 Å². The smallest absolute Gasteiger partial charge is 0.256 e. The molecule has 0 radical (unpaired) electrons. The molecule has 1 aromatic carbocycles. The lowest BCUT2D eigenvalue weighted by molar-refractivity contribution is 0.0827. The molecule has 8 nitrogen and oxygen atoms in total. The van der Waals surface area contributed by atoms with Crippen molar-refractivity contribution in [2.24, 2.45) is 0 Å². The zero-order valence-corrected chi connectivity index (χ0v) is 17.8. The number of anilines is 1. The highest BCUT2D eigenvalue weighted by atomic mass is 16.3. The summed E-state index contributed by atoms with van der Waals surface area (Å²) in [5, 5.41) is 7.97. The number of pyridine rings is 1. The molecule has 0 aliphatic heterocycles. The van der Waals surface area contributed by atoms with E-state index in [1.54, 1.807) is 73.7 Å². The quantitative estimate of drug-likeness (QED) is 0.525. The maximum absolute atomic E-state index is 13.2. The SMILES string of the molecule is CC(C)n1ncc2c(C(=O)Nc3ccc(C(=O)N(C)C)cc3)cc(-c3ccco3)nc21. The highest BCUT2D eigenvalue weighted by Crippen LogP contribution is 2.27. The number of nitrogens with zero attached hydrogens (tertiary/aromatic N) is 4. The molecule has 1 N–H and O–H groups in total. The highest BCUT2D eigenvalue weighted by Gasteiger charge is 2.19. The molecule has 158 valence electrons. The average molecular weight is 417 g/mol. The minimum atomic E-state index is -0.296. The van der Waals surface area contributed by atoms with Gasteiger partial charge in [-0.05, 0) is 56.3 Å². The van der Waals surface area contributed by atoms with Gasteiger partial charge >= 0.3 is 0 Å². The van der Waals surface area contributed by atoms with Crippen molar-refractivity contribution in [2.45, 2.75) is 19.9 Å². The van der Waals surface area contributed by atoms with E-state index in [1.807, 2.05) is 13.8 Å². The van der Waals surface area contributed by atoms with Gasteiger partial charge in [0.2, 0.25) is 0 Å². The predicted octanol–water partition coefficient (Wildman–Crippen LogP) is 4.23. The third-order valence-corrected chi connectivity index (χ3v) is 4.87. The molecule has 8 heteroatoms. The number of aromatic nitrogens is 3. The van der Waals surface area contributed by atoms with Crippen LogP contribution >= 0.6 is 0 Å². The number of hydrogen-bond acceptors (Lipinski definition) is 5. The van der Waals surface area contributed by atoms with Gasteiger partial charge in [-0.3, -0.25) is 9.59 Å². The molecule has 0 aliphatic carbocycles. The van der Waals surface area contributed by atoms with Gasteiger partial charge in [0.1, 0.15) is 5.69 Å². The number of benzene rings is 1. The number of furan rings is 1. The molecule has 0 unspecified atom stereocenters. The lowest BCUT2D eigenvalue weighted by Crippen LogP contribution is -2.21. The van der Waals surface area contributed by atoms with Gasteiger partial charge in [-0.1, -0.05) is 0 Å². The number of carbonyl (C=O) groups is 2. The number of nitrogens with one attached hydrogen (secondary N) is 1. The van der Waals surface area contributed by atoms with E-state index < -0.39 is 0 Å². The Balaban J connectivity index is 1.71. The zero-order valence-electron chi connectivity index (χ0n) is 17.8. The van der Waals surface area contributed by atoms with Gasteiger partial charge in [-0.25, -0.2) is 9.67 Å². The van der Waals surface area contributed by atoms with Crippen LogP contribution in [0.15, 0.2) is 59.3 Å². The van der Waals surface area contributed by atoms with Gasteiger partial charge in [-0.15, -0.1) is 0 Å². The second kappa shape index (κ2) is 8.06. The fourth-order valence-corrected chi connectivity index (χ4v) is 3.29. The fourth-order valence-electron chi connectivity index (χ4n) is 3.29. The summed E-state index contributed by atoms with van der Waals surface area (Å²) >= 11 is 0. The van der Waals surface area contributed by atoms with Crippen LogP contribution in [0.2, 0.25) is 0 Å². The molecular weight excluding hydrogens is 394 g/mol.